The third kappa shape index (κ3) is 2.42. The summed E-state index contributed by atoms with van der Waals surface area (Å²) < 4.78 is 4.24. The van der Waals surface area contributed by atoms with Crippen molar-refractivity contribution in [1.29, 1.82) is 0 Å². The molecule has 110 valence electrons. The summed E-state index contributed by atoms with van der Waals surface area (Å²) in [5.41, 5.74) is 2.82. The minimum Gasteiger partial charge on any atom is -0.295 e. The first kappa shape index (κ1) is 15.3. The summed E-state index contributed by atoms with van der Waals surface area (Å²) >= 11 is 15.1. The number of rotatable bonds is 2. The van der Waals surface area contributed by atoms with E-state index < -0.39 is 0 Å². The number of benzene rings is 1. The van der Waals surface area contributed by atoms with Crippen molar-refractivity contribution in [3.63, 3.8) is 0 Å². The summed E-state index contributed by atoms with van der Waals surface area (Å²) in [4.78, 5) is 13.1. The molecule has 7 heteroatoms. The molecule has 3 rings (SSSR count). The maximum absolute atomic E-state index is 12.0. The van der Waals surface area contributed by atoms with Crippen LogP contribution in [0.4, 0.5) is 0 Å². The third-order valence-corrected chi connectivity index (χ3v) is 6.90. The molecule has 0 aliphatic heterocycles. The van der Waals surface area contributed by atoms with Gasteiger partial charge >= 0.3 is 5.69 Å². The molecule has 2 heterocycles. The highest BCUT2D eigenvalue weighted by Gasteiger charge is 2.20. The van der Waals surface area contributed by atoms with Gasteiger partial charge in [0.1, 0.15) is 0 Å². The van der Waals surface area contributed by atoms with Crippen LogP contribution in [0.15, 0.2) is 32.8 Å². The monoisotopic (exact) mass is 448 g/mol. The Bertz CT molecular complexity index is 896. The number of halogens is 3. The van der Waals surface area contributed by atoms with Crippen LogP contribution in [-0.2, 0) is 14.1 Å². The number of aryl methyl sites for hydroxylation is 2. The molecule has 1 unspecified atom stereocenters. The maximum atomic E-state index is 12.0. The molecule has 0 saturated heterocycles. The van der Waals surface area contributed by atoms with Crippen LogP contribution in [0, 0.1) is 0 Å². The van der Waals surface area contributed by atoms with Crippen LogP contribution in [0.2, 0.25) is 5.02 Å². The molecule has 0 saturated carbocycles. The molecule has 0 N–H and O–H groups in total. The SMILES string of the molecule is Cn1c(=O)n(C)c2cc(C(Br)c3sccc3Cl)c(Br)cc21. The number of thiophene rings is 1. The highest BCUT2D eigenvalue weighted by molar-refractivity contribution is 9.11. The van der Waals surface area contributed by atoms with E-state index in [1.807, 2.05) is 23.6 Å². The zero-order valence-electron chi connectivity index (χ0n) is 11.2. The second kappa shape index (κ2) is 5.57. The zero-order valence-corrected chi connectivity index (χ0v) is 16.0. The lowest BCUT2D eigenvalue weighted by atomic mass is 10.1. The quantitative estimate of drug-likeness (QED) is 0.514. The third-order valence-electron chi connectivity index (χ3n) is 3.54. The Hall–Kier alpha value is -0.560. The van der Waals surface area contributed by atoms with Crippen molar-refractivity contribution >= 4 is 65.8 Å². The molecular weight excluding hydrogens is 439 g/mol. The molecule has 0 aliphatic carbocycles. The van der Waals surface area contributed by atoms with E-state index in [2.05, 4.69) is 31.9 Å². The second-order valence-electron chi connectivity index (χ2n) is 4.76. The fraction of sp³-hybridized carbons (Fsp3) is 0.214. The smallest absolute Gasteiger partial charge is 0.295 e. The van der Waals surface area contributed by atoms with Gasteiger partial charge in [0.2, 0.25) is 0 Å². The summed E-state index contributed by atoms with van der Waals surface area (Å²) in [6.45, 7) is 0. The number of alkyl halides is 1. The van der Waals surface area contributed by atoms with Crippen molar-refractivity contribution < 1.29 is 0 Å². The lowest BCUT2D eigenvalue weighted by molar-refractivity contribution is 0.795. The van der Waals surface area contributed by atoms with Crippen molar-refractivity contribution in [3.05, 3.63) is 54.0 Å². The van der Waals surface area contributed by atoms with Gasteiger partial charge in [-0.3, -0.25) is 9.13 Å². The van der Waals surface area contributed by atoms with Gasteiger partial charge in [-0.1, -0.05) is 43.5 Å². The number of fused-ring (bicyclic) bond motifs is 1. The highest BCUT2D eigenvalue weighted by Crippen LogP contribution is 2.42. The van der Waals surface area contributed by atoms with Gasteiger partial charge in [0.25, 0.3) is 0 Å². The minimum absolute atomic E-state index is 0.0147. The minimum atomic E-state index is -0.0330. The normalized spacial score (nSPS) is 13.0. The fourth-order valence-corrected chi connectivity index (χ4v) is 5.46. The molecule has 0 spiro atoms. The van der Waals surface area contributed by atoms with Crippen LogP contribution < -0.4 is 5.69 Å². The van der Waals surface area contributed by atoms with Crippen molar-refractivity contribution in [3.8, 4) is 0 Å². The van der Waals surface area contributed by atoms with E-state index in [-0.39, 0.29) is 10.5 Å². The first-order chi connectivity index (χ1) is 9.91. The number of nitrogens with zero attached hydrogens (tertiary/aromatic N) is 2. The Labute approximate surface area is 147 Å². The van der Waals surface area contributed by atoms with Gasteiger partial charge in [0.05, 0.1) is 20.9 Å². The van der Waals surface area contributed by atoms with Gasteiger partial charge in [-0.25, -0.2) is 4.79 Å². The molecular formula is C14H11Br2ClN2OS. The summed E-state index contributed by atoms with van der Waals surface area (Å²) in [7, 11) is 3.56. The van der Waals surface area contributed by atoms with Crippen LogP contribution in [0.5, 0.6) is 0 Å². The van der Waals surface area contributed by atoms with Crippen LogP contribution >= 0.6 is 54.8 Å². The van der Waals surface area contributed by atoms with E-state index >= 15 is 0 Å². The van der Waals surface area contributed by atoms with Gasteiger partial charge in [-0.2, -0.15) is 0 Å². The van der Waals surface area contributed by atoms with Crippen LogP contribution in [0.1, 0.15) is 15.3 Å². The van der Waals surface area contributed by atoms with Crippen LogP contribution in [0.3, 0.4) is 0 Å². The van der Waals surface area contributed by atoms with Gasteiger partial charge < -0.3 is 0 Å². The zero-order chi connectivity index (χ0) is 15.3. The van der Waals surface area contributed by atoms with Crippen LogP contribution in [-0.4, -0.2) is 9.13 Å². The van der Waals surface area contributed by atoms with Crippen molar-refractivity contribution in [2.24, 2.45) is 14.1 Å². The molecule has 0 aliphatic rings. The van der Waals surface area contributed by atoms with Gasteiger partial charge in [0.15, 0.2) is 0 Å². The van der Waals surface area contributed by atoms with Crippen molar-refractivity contribution in [1.82, 2.24) is 9.13 Å². The molecule has 21 heavy (non-hydrogen) atoms. The molecule has 0 radical (unpaired) electrons. The molecule has 0 amide bonds. The van der Waals surface area contributed by atoms with Crippen LogP contribution in [0.25, 0.3) is 11.0 Å². The van der Waals surface area contributed by atoms with Crippen molar-refractivity contribution in [2.75, 3.05) is 0 Å². The summed E-state index contributed by atoms with van der Waals surface area (Å²) in [6, 6.07) is 5.89. The van der Waals surface area contributed by atoms with Crippen molar-refractivity contribution in [2.45, 2.75) is 4.83 Å². The lowest BCUT2D eigenvalue weighted by Gasteiger charge is -2.12. The first-order valence-corrected chi connectivity index (χ1v) is 9.10. The Morgan fingerprint density at radius 3 is 2.43 bits per heavy atom. The Balaban J connectivity index is 2.24. The van der Waals surface area contributed by atoms with E-state index in [1.165, 1.54) is 0 Å². The molecule has 0 bridgehead atoms. The largest absolute Gasteiger partial charge is 0.328 e. The number of aromatic nitrogens is 2. The van der Waals surface area contributed by atoms with E-state index in [1.54, 1.807) is 34.6 Å². The summed E-state index contributed by atoms with van der Waals surface area (Å²) in [5, 5.41) is 2.72. The van der Waals surface area contributed by atoms with E-state index in [9.17, 15) is 4.79 Å². The standard InChI is InChI=1S/C14H11Br2ClN2OS/c1-18-10-5-7(12(16)13-9(17)3-4-21-13)8(15)6-11(10)19(2)14(18)20/h3-6,12H,1-2H3. The van der Waals surface area contributed by atoms with Gasteiger partial charge in [-0.15, -0.1) is 11.3 Å². The molecule has 1 aromatic carbocycles. The van der Waals surface area contributed by atoms with E-state index in [0.29, 0.717) is 0 Å². The van der Waals surface area contributed by atoms with E-state index in [4.69, 9.17) is 11.6 Å². The summed E-state index contributed by atoms with van der Waals surface area (Å²) in [6.07, 6.45) is 0. The lowest BCUT2D eigenvalue weighted by Crippen LogP contribution is -2.19. The molecule has 1 atom stereocenters. The fourth-order valence-electron chi connectivity index (χ4n) is 2.36. The average molecular weight is 451 g/mol. The molecule has 0 fully saturated rings. The molecule has 2 aromatic heterocycles. The molecule has 3 nitrogen and oxygen atoms in total. The summed E-state index contributed by atoms with van der Waals surface area (Å²) in [5.74, 6) is 0. The van der Waals surface area contributed by atoms with E-state index in [0.717, 1.165) is 31.0 Å². The number of hydrogen-bond acceptors (Lipinski definition) is 2. The first-order valence-electron chi connectivity index (χ1n) is 6.13. The van der Waals surface area contributed by atoms with Gasteiger partial charge in [0, 0.05) is 23.4 Å². The Morgan fingerprint density at radius 1 is 1.24 bits per heavy atom. The second-order valence-corrected chi connectivity index (χ2v) is 7.88. The number of imidazole rings is 1. The Morgan fingerprint density at radius 2 is 1.86 bits per heavy atom. The Kier molecular flexibility index (Phi) is 4.07. The maximum Gasteiger partial charge on any atom is 0.328 e. The number of hydrogen-bond donors (Lipinski definition) is 0. The average Bonchev–Trinajstić information content (AvgIpc) is 2.97. The predicted octanol–water partition coefficient (Wildman–Crippen LogP) is 4.84. The topological polar surface area (TPSA) is 26.9 Å². The highest BCUT2D eigenvalue weighted by atomic mass is 79.9. The van der Waals surface area contributed by atoms with Gasteiger partial charge in [-0.05, 0) is 29.1 Å². The predicted molar refractivity (Wildman–Crippen MR) is 96.0 cm³/mol. The molecule has 3 aromatic rings.